The molecule has 1 nitrogen and oxygen atoms in total. The van der Waals surface area contributed by atoms with Gasteiger partial charge in [0.05, 0.1) is 5.56 Å². The quantitative estimate of drug-likeness (QED) is 0.779. The van der Waals surface area contributed by atoms with Gasteiger partial charge in [-0.2, -0.15) is 13.2 Å². The van der Waals surface area contributed by atoms with Gasteiger partial charge in [0.2, 0.25) is 0 Å². The molecule has 1 N–H and O–H groups in total. The van der Waals surface area contributed by atoms with Crippen LogP contribution in [-0.2, 0) is 6.18 Å². The predicted molar refractivity (Wildman–Crippen MR) is 67.3 cm³/mol. The highest BCUT2D eigenvalue weighted by molar-refractivity contribution is 5.28. The van der Waals surface area contributed by atoms with E-state index in [1.807, 2.05) is 0 Å². The molecule has 0 saturated carbocycles. The predicted octanol–water partition coefficient (Wildman–Crippen LogP) is 4.54. The third kappa shape index (κ3) is 4.49. The van der Waals surface area contributed by atoms with Crippen LogP contribution < -0.4 is 5.32 Å². The monoisotopic (exact) mass is 277 g/mol. The Morgan fingerprint density at radius 2 is 1.79 bits per heavy atom. The minimum absolute atomic E-state index is 0.126. The summed E-state index contributed by atoms with van der Waals surface area (Å²) in [6.45, 7) is 4.14. The molecule has 0 radical (unpaired) electrons. The second-order valence-electron chi connectivity index (χ2n) is 5.05. The van der Waals surface area contributed by atoms with Gasteiger partial charge in [-0.3, -0.25) is 0 Å². The largest absolute Gasteiger partial charge is 0.419 e. The fourth-order valence-corrected chi connectivity index (χ4v) is 1.96. The van der Waals surface area contributed by atoms with Gasteiger partial charge in [-0.1, -0.05) is 19.9 Å². The van der Waals surface area contributed by atoms with Crippen LogP contribution in [0.1, 0.15) is 43.9 Å². The number of rotatable bonds is 5. The summed E-state index contributed by atoms with van der Waals surface area (Å²) in [5, 5.41) is 3.01. The Morgan fingerprint density at radius 1 is 1.16 bits per heavy atom. The second-order valence-corrected chi connectivity index (χ2v) is 5.05. The average molecular weight is 277 g/mol. The van der Waals surface area contributed by atoms with Crippen molar-refractivity contribution < 1.29 is 17.6 Å². The molecule has 0 aliphatic rings. The van der Waals surface area contributed by atoms with Gasteiger partial charge in [0.15, 0.2) is 0 Å². The van der Waals surface area contributed by atoms with Crippen molar-refractivity contribution >= 4 is 0 Å². The summed E-state index contributed by atoms with van der Waals surface area (Å²) < 4.78 is 50.9. The first-order chi connectivity index (χ1) is 8.75. The van der Waals surface area contributed by atoms with E-state index < -0.39 is 17.6 Å². The lowest BCUT2D eigenvalue weighted by Gasteiger charge is -2.19. The molecular formula is C14H19F4N. The topological polar surface area (TPSA) is 12.0 Å². The molecule has 5 heteroatoms. The molecule has 0 aliphatic carbocycles. The molecule has 1 rings (SSSR count). The Labute approximate surface area is 111 Å². The molecule has 108 valence electrons. The summed E-state index contributed by atoms with van der Waals surface area (Å²) in [6.07, 6.45) is -2.96. The van der Waals surface area contributed by atoms with Crippen molar-refractivity contribution in [3.05, 3.63) is 35.1 Å². The van der Waals surface area contributed by atoms with Gasteiger partial charge in [0.25, 0.3) is 0 Å². The lowest BCUT2D eigenvalue weighted by atomic mass is 9.96. The number of hydrogen-bond donors (Lipinski definition) is 1. The number of benzene rings is 1. The molecule has 0 aromatic heterocycles. The van der Waals surface area contributed by atoms with Gasteiger partial charge in [0, 0.05) is 6.04 Å². The van der Waals surface area contributed by atoms with E-state index in [-0.39, 0.29) is 6.04 Å². The average Bonchev–Trinajstić information content (AvgIpc) is 2.27. The Morgan fingerprint density at radius 3 is 2.21 bits per heavy atom. The first-order valence-electron chi connectivity index (χ1n) is 6.29. The maximum absolute atomic E-state index is 13.5. The molecular weight excluding hydrogens is 258 g/mol. The Bertz CT molecular complexity index is 412. The van der Waals surface area contributed by atoms with Crippen LogP contribution in [0.25, 0.3) is 0 Å². The van der Waals surface area contributed by atoms with Crippen LogP contribution in [0.3, 0.4) is 0 Å². The van der Waals surface area contributed by atoms with Gasteiger partial charge in [-0.05, 0) is 43.5 Å². The van der Waals surface area contributed by atoms with E-state index in [0.29, 0.717) is 11.5 Å². The Kier molecular flexibility index (Phi) is 5.35. The van der Waals surface area contributed by atoms with Crippen LogP contribution in [0.4, 0.5) is 17.6 Å². The van der Waals surface area contributed by atoms with Crippen molar-refractivity contribution in [3.63, 3.8) is 0 Å². The highest BCUT2D eigenvalue weighted by atomic mass is 19.4. The summed E-state index contributed by atoms with van der Waals surface area (Å²) in [5.74, 6) is -0.718. The normalized spacial score (nSPS) is 13.9. The molecule has 1 unspecified atom stereocenters. The van der Waals surface area contributed by atoms with Crippen molar-refractivity contribution in [1.82, 2.24) is 5.32 Å². The fourth-order valence-electron chi connectivity index (χ4n) is 1.96. The minimum atomic E-state index is -4.64. The molecule has 0 aliphatic heterocycles. The van der Waals surface area contributed by atoms with Crippen molar-refractivity contribution in [3.8, 4) is 0 Å². The van der Waals surface area contributed by atoms with Crippen LogP contribution in [-0.4, -0.2) is 7.05 Å². The summed E-state index contributed by atoms with van der Waals surface area (Å²) >= 11 is 0. The van der Waals surface area contributed by atoms with Gasteiger partial charge in [-0.15, -0.1) is 0 Å². The molecule has 1 aromatic rings. The molecule has 0 saturated heterocycles. The maximum Gasteiger partial charge on any atom is 0.419 e. The minimum Gasteiger partial charge on any atom is -0.313 e. The van der Waals surface area contributed by atoms with Crippen LogP contribution in [0.15, 0.2) is 18.2 Å². The zero-order chi connectivity index (χ0) is 14.6. The number of hydrogen-bond acceptors (Lipinski definition) is 1. The molecule has 1 atom stereocenters. The van der Waals surface area contributed by atoms with Crippen molar-refractivity contribution in [2.75, 3.05) is 7.05 Å². The molecule has 0 heterocycles. The van der Waals surface area contributed by atoms with Crippen LogP contribution in [0.2, 0.25) is 0 Å². The summed E-state index contributed by atoms with van der Waals surface area (Å²) in [7, 11) is 1.72. The maximum atomic E-state index is 13.5. The Hall–Kier alpha value is -1.10. The highest BCUT2D eigenvalue weighted by Crippen LogP contribution is 2.33. The number of halogens is 4. The summed E-state index contributed by atoms with van der Waals surface area (Å²) in [5.41, 5.74) is -0.663. The van der Waals surface area contributed by atoms with Crippen LogP contribution >= 0.6 is 0 Å². The molecule has 0 spiro atoms. The third-order valence-corrected chi connectivity index (χ3v) is 3.08. The van der Waals surface area contributed by atoms with E-state index in [9.17, 15) is 17.6 Å². The lowest BCUT2D eigenvalue weighted by molar-refractivity contribution is -0.140. The van der Waals surface area contributed by atoms with E-state index in [2.05, 4.69) is 19.2 Å². The van der Waals surface area contributed by atoms with E-state index in [4.69, 9.17) is 0 Å². The van der Waals surface area contributed by atoms with Crippen molar-refractivity contribution in [2.24, 2.45) is 5.92 Å². The molecule has 0 amide bonds. The van der Waals surface area contributed by atoms with Crippen molar-refractivity contribution in [1.29, 1.82) is 0 Å². The summed E-state index contributed by atoms with van der Waals surface area (Å²) in [6, 6.07) is 3.00. The molecule has 0 bridgehead atoms. The molecule has 1 aromatic carbocycles. The Balaban J connectivity index is 2.92. The van der Waals surface area contributed by atoms with Gasteiger partial charge >= 0.3 is 6.18 Å². The molecule has 19 heavy (non-hydrogen) atoms. The van der Waals surface area contributed by atoms with Crippen LogP contribution in [0.5, 0.6) is 0 Å². The molecule has 0 fully saturated rings. The standard InChI is InChI=1S/C14H19F4N/c1-9(2)4-7-13(19-3)10-5-6-11(12(15)8-10)14(16,17)18/h5-6,8-9,13,19H,4,7H2,1-3H3. The van der Waals surface area contributed by atoms with E-state index in [1.54, 1.807) is 7.05 Å². The lowest BCUT2D eigenvalue weighted by Crippen LogP contribution is -2.18. The first-order valence-corrected chi connectivity index (χ1v) is 6.29. The SMILES string of the molecule is CNC(CCC(C)C)c1ccc(C(F)(F)F)c(F)c1. The van der Waals surface area contributed by atoms with Crippen molar-refractivity contribution in [2.45, 2.75) is 38.9 Å². The van der Waals surface area contributed by atoms with E-state index >= 15 is 0 Å². The second kappa shape index (κ2) is 6.37. The zero-order valence-electron chi connectivity index (χ0n) is 11.3. The fraction of sp³-hybridized carbons (Fsp3) is 0.571. The zero-order valence-corrected chi connectivity index (χ0v) is 11.3. The van der Waals surface area contributed by atoms with Gasteiger partial charge in [0.1, 0.15) is 5.82 Å². The van der Waals surface area contributed by atoms with E-state index in [0.717, 1.165) is 25.0 Å². The number of alkyl halides is 3. The third-order valence-electron chi connectivity index (χ3n) is 3.08. The highest BCUT2D eigenvalue weighted by Gasteiger charge is 2.34. The first kappa shape index (κ1) is 16.0. The smallest absolute Gasteiger partial charge is 0.313 e. The number of nitrogens with one attached hydrogen (secondary N) is 1. The van der Waals surface area contributed by atoms with Crippen LogP contribution in [0, 0.1) is 11.7 Å². The summed E-state index contributed by atoms with van der Waals surface area (Å²) in [4.78, 5) is 0. The van der Waals surface area contributed by atoms with Gasteiger partial charge < -0.3 is 5.32 Å². The van der Waals surface area contributed by atoms with Gasteiger partial charge in [-0.25, -0.2) is 4.39 Å². The van der Waals surface area contributed by atoms with E-state index in [1.165, 1.54) is 6.07 Å².